The van der Waals surface area contributed by atoms with Gasteiger partial charge in [-0.15, -0.1) is 0 Å². The van der Waals surface area contributed by atoms with Gasteiger partial charge in [-0.2, -0.15) is 0 Å². The predicted molar refractivity (Wildman–Crippen MR) is 76.3 cm³/mol. The highest BCUT2D eigenvalue weighted by molar-refractivity contribution is 5.99. The van der Waals surface area contributed by atoms with Gasteiger partial charge in [-0.1, -0.05) is 0 Å². The Hall–Kier alpha value is -3.00. The number of anilines is 1. The van der Waals surface area contributed by atoms with Gasteiger partial charge < -0.3 is 10.7 Å². The minimum Gasteiger partial charge on any atom is -0.348 e. The Morgan fingerprint density at radius 1 is 1.29 bits per heavy atom. The van der Waals surface area contributed by atoms with Crippen LogP contribution in [0.2, 0.25) is 0 Å². The summed E-state index contributed by atoms with van der Waals surface area (Å²) in [5, 5.41) is 13.6. The van der Waals surface area contributed by atoms with Crippen molar-refractivity contribution in [3.05, 3.63) is 64.0 Å². The summed E-state index contributed by atoms with van der Waals surface area (Å²) in [5.41, 5.74) is 3.28. The molecule has 0 aliphatic rings. The molecular weight excluding hydrogens is 274 g/mol. The van der Waals surface area contributed by atoms with E-state index in [0.29, 0.717) is 5.69 Å². The lowest BCUT2D eigenvalue weighted by molar-refractivity contribution is -0.385. The number of hydrogen-bond donors (Lipinski definition) is 3. The molecule has 0 saturated carbocycles. The van der Waals surface area contributed by atoms with E-state index >= 15 is 0 Å². The van der Waals surface area contributed by atoms with Crippen LogP contribution in [0.1, 0.15) is 15.9 Å². The molecule has 1 heterocycles. The van der Waals surface area contributed by atoms with Gasteiger partial charge >= 0.3 is 0 Å². The number of nitro benzene ring substituents is 1. The summed E-state index contributed by atoms with van der Waals surface area (Å²) in [7, 11) is 0. The molecule has 8 heteroatoms. The summed E-state index contributed by atoms with van der Waals surface area (Å²) >= 11 is 0. The van der Waals surface area contributed by atoms with Crippen molar-refractivity contribution in [2.45, 2.75) is 6.54 Å². The second-order valence-corrected chi connectivity index (χ2v) is 4.17. The van der Waals surface area contributed by atoms with Crippen molar-refractivity contribution in [3.8, 4) is 0 Å². The normalized spacial score (nSPS) is 9.95. The SMILES string of the molecule is NNc1ccc([N+](=O)[O-])c(C(=O)NCc2ccncc2)c1. The Balaban J connectivity index is 2.19. The minimum atomic E-state index is -0.609. The maximum absolute atomic E-state index is 12.1. The molecule has 0 aliphatic carbocycles. The number of carbonyl (C=O) groups is 1. The standard InChI is InChI=1S/C13H13N5O3/c14-17-10-1-2-12(18(20)21)11(7-10)13(19)16-8-9-3-5-15-6-4-9/h1-7,17H,8,14H2,(H,16,19). The summed E-state index contributed by atoms with van der Waals surface area (Å²) in [6.07, 6.45) is 3.20. The first-order chi connectivity index (χ1) is 10.1. The molecule has 0 atom stereocenters. The molecule has 1 aromatic heterocycles. The van der Waals surface area contributed by atoms with Crippen LogP contribution >= 0.6 is 0 Å². The first-order valence-electron chi connectivity index (χ1n) is 6.04. The van der Waals surface area contributed by atoms with Crippen LogP contribution in [-0.4, -0.2) is 15.8 Å². The van der Waals surface area contributed by atoms with Gasteiger partial charge in [0.25, 0.3) is 11.6 Å². The third-order valence-electron chi connectivity index (χ3n) is 2.81. The van der Waals surface area contributed by atoms with E-state index in [-0.39, 0.29) is 17.8 Å². The average molecular weight is 287 g/mol. The van der Waals surface area contributed by atoms with Crippen molar-refractivity contribution < 1.29 is 9.72 Å². The van der Waals surface area contributed by atoms with Crippen LogP contribution in [0, 0.1) is 10.1 Å². The Morgan fingerprint density at radius 2 is 2.00 bits per heavy atom. The van der Waals surface area contributed by atoms with E-state index in [9.17, 15) is 14.9 Å². The van der Waals surface area contributed by atoms with Crippen LogP contribution in [0.3, 0.4) is 0 Å². The van der Waals surface area contributed by atoms with E-state index < -0.39 is 10.8 Å². The highest BCUT2D eigenvalue weighted by atomic mass is 16.6. The second-order valence-electron chi connectivity index (χ2n) is 4.17. The molecule has 0 radical (unpaired) electrons. The maximum Gasteiger partial charge on any atom is 0.282 e. The molecule has 108 valence electrons. The lowest BCUT2D eigenvalue weighted by atomic mass is 10.1. The number of amides is 1. The molecule has 2 rings (SSSR count). The fraction of sp³-hybridized carbons (Fsp3) is 0.0769. The van der Waals surface area contributed by atoms with Crippen molar-refractivity contribution in [2.24, 2.45) is 5.84 Å². The summed E-state index contributed by atoms with van der Waals surface area (Å²) < 4.78 is 0. The lowest BCUT2D eigenvalue weighted by Crippen LogP contribution is -2.24. The Bertz CT molecular complexity index is 660. The third-order valence-corrected chi connectivity index (χ3v) is 2.81. The molecular formula is C13H13N5O3. The molecule has 0 saturated heterocycles. The zero-order valence-corrected chi connectivity index (χ0v) is 10.9. The molecule has 0 unspecified atom stereocenters. The van der Waals surface area contributed by atoms with Crippen molar-refractivity contribution in [1.82, 2.24) is 10.3 Å². The van der Waals surface area contributed by atoms with Gasteiger partial charge in [0.2, 0.25) is 0 Å². The van der Waals surface area contributed by atoms with Crippen molar-refractivity contribution in [3.63, 3.8) is 0 Å². The fourth-order valence-corrected chi connectivity index (χ4v) is 1.75. The van der Waals surface area contributed by atoms with Gasteiger partial charge in [0.15, 0.2) is 0 Å². The van der Waals surface area contributed by atoms with Gasteiger partial charge in [-0.25, -0.2) is 0 Å². The van der Waals surface area contributed by atoms with E-state index in [2.05, 4.69) is 15.7 Å². The van der Waals surface area contributed by atoms with E-state index in [1.807, 2.05) is 0 Å². The van der Waals surface area contributed by atoms with Gasteiger partial charge in [0.05, 0.1) is 4.92 Å². The van der Waals surface area contributed by atoms with Crippen molar-refractivity contribution >= 4 is 17.3 Å². The average Bonchev–Trinajstić information content (AvgIpc) is 2.52. The number of nitrogens with two attached hydrogens (primary N) is 1. The number of nitrogen functional groups attached to an aromatic ring is 1. The number of hydrogen-bond acceptors (Lipinski definition) is 6. The first-order valence-corrected chi connectivity index (χ1v) is 6.04. The number of nitro groups is 1. The monoisotopic (exact) mass is 287 g/mol. The van der Waals surface area contributed by atoms with Crippen LogP contribution in [-0.2, 0) is 6.54 Å². The van der Waals surface area contributed by atoms with Crippen LogP contribution in [0.25, 0.3) is 0 Å². The van der Waals surface area contributed by atoms with E-state index in [1.165, 1.54) is 18.2 Å². The molecule has 0 spiro atoms. The molecule has 1 aromatic carbocycles. The number of nitrogens with zero attached hydrogens (tertiary/aromatic N) is 2. The van der Waals surface area contributed by atoms with Crippen molar-refractivity contribution in [1.29, 1.82) is 0 Å². The highest BCUT2D eigenvalue weighted by Crippen LogP contribution is 2.22. The Morgan fingerprint density at radius 3 is 2.62 bits per heavy atom. The van der Waals surface area contributed by atoms with E-state index in [0.717, 1.165) is 5.56 Å². The number of pyridine rings is 1. The summed E-state index contributed by atoms with van der Waals surface area (Å²) in [6.45, 7) is 0.249. The van der Waals surface area contributed by atoms with Gasteiger partial charge in [0.1, 0.15) is 5.56 Å². The Labute approximate surface area is 120 Å². The molecule has 8 nitrogen and oxygen atoms in total. The van der Waals surface area contributed by atoms with Gasteiger partial charge in [0, 0.05) is 30.7 Å². The zero-order valence-electron chi connectivity index (χ0n) is 10.9. The number of benzene rings is 1. The van der Waals surface area contributed by atoms with E-state index in [1.54, 1.807) is 24.5 Å². The number of rotatable bonds is 5. The molecule has 21 heavy (non-hydrogen) atoms. The summed E-state index contributed by atoms with van der Waals surface area (Å²) in [4.78, 5) is 26.3. The van der Waals surface area contributed by atoms with Gasteiger partial charge in [-0.05, 0) is 29.8 Å². The molecule has 0 bridgehead atoms. The molecule has 0 fully saturated rings. The van der Waals surface area contributed by atoms with Crippen LogP contribution < -0.4 is 16.6 Å². The zero-order chi connectivity index (χ0) is 15.2. The minimum absolute atomic E-state index is 0.0514. The number of carbonyl (C=O) groups excluding carboxylic acids is 1. The quantitative estimate of drug-likeness (QED) is 0.431. The third kappa shape index (κ3) is 3.51. The largest absolute Gasteiger partial charge is 0.348 e. The molecule has 2 aromatic rings. The summed E-state index contributed by atoms with van der Waals surface area (Å²) in [6, 6.07) is 7.48. The molecule has 1 amide bonds. The summed E-state index contributed by atoms with van der Waals surface area (Å²) in [5.74, 6) is 4.71. The van der Waals surface area contributed by atoms with Crippen LogP contribution in [0.15, 0.2) is 42.7 Å². The van der Waals surface area contributed by atoms with Gasteiger partial charge in [-0.3, -0.25) is 25.7 Å². The number of nitrogens with one attached hydrogen (secondary N) is 2. The molecule has 0 aliphatic heterocycles. The van der Waals surface area contributed by atoms with Crippen molar-refractivity contribution in [2.75, 3.05) is 5.43 Å². The molecule has 4 N–H and O–H groups in total. The van der Waals surface area contributed by atoms with E-state index in [4.69, 9.17) is 5.84 Å². The smallest absolute Gasteiger partial charge is 0.282 e. The van der Waals surface area contributed by atoms with Crippen LogP contribution in [0.4, 0.5) is 11.4 Å². The first kappa shape index (κ1) is 14.4. The van der Waals surface area contributed by atoms with Crippen LogP contribution in [0.5, 0.6) is 0 Å². The number of aromatic nitrogens is 1. The Kier molecular flexibility index (Phi) is 4.42. The highest BCUT2D eigenvalue weighted by Gasteiger charge is 2.20. The number of hydrazine groups is 1. The maximum atomic E-state index is 12.1. The lowest BCUT2D eigenvalue weighted by Gasteiger charge is -2.07. The topological polar surface area (TPSA) is 123 Å². The predicted octanol–water partition coefficient (Wildman–Crippen LogP) is 1.21. The fourth-order valence-electron chi connectivity index (χ4n) is 1.75. The second kappa shape index (κ2) is 6.44.